The minimum Gasteiger partial charge on any atom is -0.463 e. The summed E-state index contributed by atoms with van der Waals surface area (Å²) >= 11 is 0. The van der Waals surface area contributed by atoms with E-state index in [1.165, 1.54) is 19.1 Å². The topological polar surface area (TPSA) is 58.6 Å². The van der Waals surface area contributed by atoms with Crippen LogP contribution in [0.3, 0.4) is 0 Å². The largest absolute Gasteiger partial charge is 0.463 e. The normalized spacial score (nSPS) is 14.6. The van der Waals surface area contributed by atoms with Crippen molar-refractivity contribution in [2.24, 2.45) is 0 Å². The molecule has 0 aliphatic carbocycles. The summed E-state index contributed by atoms with van der Waals surface area (Å²) < 4.78 is 43.3. The maximum atomic E-state index is 13.0. The number of carbonyl (C=O) groups excluding carboxylic acids is 1. The fourth-order valence-corrected chi connectivity index (χ4v) is 1.51. The van der Waals surface area contributed by atoms with E-state index in [-0.39, 0.29) is 6.61 Å². The lowest BCUT2D eigenvalue weighted by atomic mass is 9.93. The minimum absolute atomic E-state index is 0.258. The van der Waals surface area contributed by atoms with Crippen LogP contribution in [-0.2, 0) is 15.1 Å². The van der Waals surface area contributed by atoms with Crippen LogP contribution in [0.2, 0.25) is 0 Å². The highest BCUT2D eigenvalue weighted by Crippen LogP contribution is 2.40. The molecule has 1 aromatic rings. The number of hydrogen-bond donors (Lipinski definition) is 2. The van der Waals surface area contributed by atoms with Gasteiger partial charge in [-0.15, -0.1) is 0 Å². The van der Waals surface area contributed by atoms with E-state index in [0.29, 0.717) is 5.69 Å². The van der Waals surface area contributed by atoms with E-state index in [1.54, 1.807) is 7.05 Å². The maximum Gasteiger partial charge on any atom is 0.432 e. The molecule has 0 aliphatic heterocycles. The van der Waals surface area contributed by atoms with Crippen molar-refractivity contribution in [3.63, 3.8) is 0 Å². The average Bonchev–Trinajstić information content (AvgIpc) is 2.36. The highest BCUT2D eigenvalue weighted by atomic mass is 19.4. The van der Waals surface area contributed by atoms with Gasteiger partial charge in [0.1, 0.15) is 0 Å². The monoisotopic (exact) mass is 277 g/mol. The van der Waals surface area contributed by atoms with Crippen LogP contribution in [0.15, 0.2) is 24.3 Å². The zero-order chi connectivity index (χ0) is 14.7. The SMILES string of the molecule is CCOC(=O)C(O)(c1ccc(NC)cc1)C(F)(F)F. The van der Waals surface area contributed by atoms with Crippen molar-refractivity contribution < 1.29 is 27.8 Å². The average molecular weight is 277 g/mol. The van der Waals surface area contributed by atoms with Gasteiger partial charge in [0.25, 0.3) is 5.60 Å². The molecule has 0 saturated carbocycles. The third-order valence-electron chi connectivity index (χ3n) is 2.57. The predicted octanol–water partition coefficient (Wildman–Crippen LogP) is 2.04. The maximum absolute atomic E-state index is 13.0. The van der Waals surface area contributed by atoms with Gasteiger partial charge in [0, 0.05) is 18.3 Å². The number of aliphatic hydroxyl groups is 1. The number of nitrogens with one attached hydrogen (secondary N) is 1. The van der Waals surface area contributed by atoms with Crippen molar-refractivity contribution in [2.75, 3.05) is 19.0 Å². The summed E-state index contributed by atoms with van der Waals surface area (Å²) in [6.45, 7) is 1.10. The van der Waals surface area contributed by atoms with Gasteiger partial charge in [0.15, 0.2) is 0 Å². The summed E-state index contributed by atoms with van der Waals surface area (Å²) in [5.41, 5.74) is -3.69. The molecule has 2 N–H and O–H groups in total. The quantitative estimate of drug-likeness (QED) is 0.827. The van der Waals surface area contributed by atoms with Crippen LogP contribution >= 0.6 is 0 Å². The highest BCUT2D eigenvalue weighted by molar-refractivity contribution is 5.82. The first-order valence-electron chi connectivity index (χ1n) is 5.52. The Kier molecular flexibility index (Phi) is 4.41. The molecule has 1 atom stereocenters. The molecule has 0 saturated heterocycles. The highest BCUT2D eigenvalue weighted by Gasteiger charge is 2.62. The lowest BCUT2D eigenvalue weighted by Crippen LogP contribution is -2.50. The summed E-state index contributed by atoms with van der Waals surface area (Å²) in [5.74, 6) is -1.74. The number of alkyl halides is 3. The van der Waals surface area contributed by atoms with Crippen LogP contribution in [0.1, 0.15) is 12.5 Å². The lowest BCUT2D eigenvalue weighted by Gasteiger charge is -2.28. The summed E-state index contributed by atoms with van der Waals surface area (Å²) in [7, 11) is 1.59. The molecular weight excluding hydrogens is 263 g/mol. The Hall–Kier alpha value is -1.76. The Morgan fingerprint density at radius 1 is 1.32 bits per heavy atom. The Bertz CT molecular complexity index is 445. The molecule has 0 aliphatic rings. The molecule has 1 aromatic carbocycles. The molecule has 106 valence electrons. The van der Waals surface area contributed by atoms with Gasteiger partial charge in [0.2, 0.25) is 0 Å². The number of hydrogen-bond acceptors (Lipinski definition) is 4. The van der Waals surface area contributed by atoms with E-state index in [1.807, 2.05) is 0 Å². The third kappa shape index (κ3) is 2.81. The summed E-state index contributed by atoms with van der Waals surface area (Å²) in [6, 6.07) is 4.70. The molecule has 0 aromatic heterocycles. The number of anilines is 1. The van der Waals surface area contributed by atoms with E-state index in [2.05, 4.69) is 10.1 Å². The molecule has 0 radical (unpaired) electrons. The Morgan fingerprint density at radius 2 is 1.84 bits per heavy atom. The molecule has 0 heterocycles. The van der Waals surface area contributed by atoms with Crippen LogP contribution in [0.25, 0.3) is 0 Å². The first-order chi connectivity index (χ1) is 8.77. The molecule has 0 bridgehead atoms. The number of ether oxygens (including phenoxy) is 1. The van der Waals surface area contributed by atoms with E-state index in [9.17, 15) is 23.1 Å². The van der Waals surface area contributed by atoms with Gasteiger partial charge >= 0.3 is 12.1 Å². The number of carbonyl (C=O) groups is 1. The fourth-order valence-electron chi connectivity index (χ4n) is 1.51. The molecule has 1 rings (SSSR count). The van der Waals surface area contributed by atoms with Gasteiger partial charge < -0.3 is 15.2 Å². The minimum atomic E-state index is -5.17. The van der Waals surface area contributed by atoms with E-state index < -0.39 is 23.3 Å². The Balaban J connectivity index is 3.27. The van der Waals surface area contributed by atoms with Gasteiger partial charge in [-0.2, -0.15) is 13.2 Å². The van der Waals surface area contributed by atoms with Crippen LogP contribution in [0.5, 0.6) is 0 Å². The second-order valence-electron chi connectivity index (χ2n) is 3.76. The zero-order valence-electron chi connectivity index (χ0n) is 10.4. The number of halogens is 3. The van der Waals surface area contributed by atoms with Gasteiger partial charge in [-0.1, -0.05) is 12.1 Å². The Labute approximate surface area is 108 Å². The fraction of sp³-hybridized carbons (Fsp3) is 0.417. The first kappa shape index (κ1) is 15.3. The summed E-state index contributed by atoms with van der Waals surface area (Å²) in [6.07, 6.45) is -5.17. The van der Waals surface area contributed by atoms with Crippen LogP contribution in [0.4, 0.5) is 18.9 Å². The predicted molar refractivity (Wildman–Crippen MR) is 62.6 cm³/mol. The van der Waals surface area contributed by atoms with Crippen molar-refractivity contribution in [2.45, 2.75) is 18.7 Å². The second kappa shape index (κ2) is 5.48. The Morgan fingerprint density at radius 3 is 2.21 bits per heavy atom. The number of rotatable bonds is 4. The zero-order valence-corrected chi connectivity index (χ0v) is 10.4. The third-order valence-corrected chi connectivity index (χ3v) is 2.57. The van der Waals surface area contributed by atoms with Gasteiger partial charge in [0.05, 0.1) is 6.61 Å². The number of benzene rings is 1. The molecule has 0 spiro atoms. The molecule has 0 amide bonds. The van der Waals surface area contributed by atoms with Crippen LogP contribution in [0, 0.1) is 0 Å². The summed E-state index contributed by atoms with van der Waals surface area (Å²) in [5, 5.41) is 12.5. The molecule has 19 heavy (non-hydrogen) atoms. The molecular formula is C12H14F3NO3. The number of esters is 1. The molecule has 4 nitrogen and oxygen atoms in total. The first-order valence-corrected chi connectivity index (χ1v) is 5.52. The van der Waals surface area contributed by atoms with Crippen molar-refractivity contribution in [3.05, 3.63) is 29.8 Å². The van der Waals surface area contributed by atoms with Gasteiger partial charge in [-0.3, -0.25) is 0 Å². The molecule has 7 heteroatoms. The van der Waals surface area contributed by atoms with E-state index in [0.717, 1.165) is 12.1 Å². The van der Waals surface area contributed by atoms with Gasteiger partial charge in [-0.25, -0.2) is 4.79 Å². The standard InChI is InChI=1S/C12H14F3NO3/c1-3-19-10(17)11(18,12(13,14)15)8-4-6-9(16-2)7-5-8/h4-7,16,18H,3H2,1-2H3. The van der Waals surface area contributed by atoms with Gasteiger partial charge in [-0.05, 0) is 19.1 Å². The van der Waals surface area contributed by atoms with Crippen molar-refractivity contribution in [1.29, 1.82) is 0 Å². The summed E-state index contributed by atoms with van der Waals surface area (Å²) in [4.78, 5) is 11.5. The van der Waals surface area contributed by atoms with Crippen molar-refractivity contribution in [1.82, 2.24) is 0 Å². The smallest absolute Gasteiger partial charge is 0.432 e. The van der Waals surface area contributed by atoms with Crippen molar-refractivity contribution >= 4 is 11.7 Å². The lowest BCUT2D eigenvalue weighted by molar-refractivity contribution is -0.267. The van der Waals surface area contributed by atoms with E-state index in [4.69, 9.17) is 0 Å². The second-order valence-corrected chi connectivity index (χ2v) is 3.76. The van der Waals surface area contributed by atoms with E-state index >= 15 is 0 Å². The van der Waals surface area contributed by atoms with Crippen molar-refractivity contribution in [3.8, 4) is 0 Å². The van der Waals surface area contributed by atoms with Crippen LogP contribution in [-0.4, -0.2) is 30.9 Å². The molecule has 1 unspecified atom stereocenters. The van der Waals surface area contributed by atoms with Crippen LogP contribution < -0.4 is 5.32 Å². The molecule has 0 fully saturated rings.